The van der Waals surface area contributed by atoms with Crippen molar-refractivity contribution in [3.05, 3.63) is 70.8 Å². The molecule has 2 aromatic carbocycles. The lowest BCUT2D eigenvalue weighted by Gasteiger charge is -2.08. The molecule has 4 heteroatoms. The molecule has 1 amide bonds. The first-order valence-corrected chi connectivity index (χ1v) is 7.67. The number of hydrogen-bond acceptors (Lipinski definition) is 2. The van der Waals surface area contributed by atoms with Gasteiger partial charge < -0.3 is 10.6 Å². The number of aryl methyl sites for hydroxylation is 1. The van der Waals surface area contributed by atoms with E-state index in [0.717, 1.165) is 28.1 Å². The minimum absolute atomic E-state index is 0.0365. The molecule has 0 saturated carbocycles. The molecule has 2 aromatic rings. The summed E-state index contributed by atoms with van der Waals surface area (Å²) in [5.41, 5.74) is 3.94. The van der Waals surface area contributed by atoms with Gasteiger partial charge >= 0.3 is 0 Å². The van der Waals surface area contributed by atoms with Crippen molar-refractivity contribution in [3.8, 4) is 0 Å². The number of amides is 1. The van der Waals surface area contributed by atoms with Gasteiger partial charge in [-0.1, -0.05) is 48.1 Å². The van der Waals surface area contributed by atoms with Gasteiger partial charge in [0.15, 0.2) is 0 Å². The third kappa shape index (κ3) is 4.40. The van der Waals surface area contributed by atoms with Crippen molar-refractivity contribution in [2.24, 2.45) is 0 Å². The average molecular weight is 312 g/mol. The number of rotatable bonds is 5. The van der Waals surface area contributed by atoms with Crippen molar-refractivity contribution < 1.29 is 4.79 Å². The number of nitrogens with one attached hydrogen (secondary N) is 2. The van der Waals surface area contributed by atoms with Crippen LogP contribution in [0.3, 0.4) is 0 Å². The lowest BCUT2D eigenvalue weighted by atomic mass is 10.1. The Morgan fingerprint density at radius 2 is 1.82 bits per heavy atom. The second kappa shape index (κ2) is 7.71. The summed E-state index contributed by atoms with van der Waals surface area (Å²) in [5, 5.41) is 5.92. The smallest absolute Gasteiger partial charge is 0.251 e. The molecule has 0 saturated heterocycles. The topological polar surface area (TPSA) is 41.1 Å². The molecule has 3 nitrogen and oxygen atoms in total. The fourth-order valence-corrected chi connectivity index (χ4v) is 2.35. The standard InChI is InChI=1S/C18H20N2OS/c1-13-5-3-7-15(11-13)17(21)20-10-9-14-6-4-8-16(12-14)18(22)19-2/h3-8,11-12H,9-10H2,1-2H3,(H,19,22)(H,20,21). The summed E-state index contributed by atoms with van der Waals surface area (Å²) in [5.74, 6) is -0.0365. The van der Waals surface area contributed by atoms with E-state index in [9.17, 15) is 4.79 Å². The van der Waals surface area contributed by atoms with Gasteiger partial charge in [0.2, 0.25) is 0 Å². The van der Waals surface area contributed by atoms with Crippen LogP contribution in [-0.2, 0) is 6.42 Å². The maximum Gasteiger partial charge on any atom is 0.251 e. The Morgan fingerprint density at radius 1 is 1.09 bits per heavy atom. The predicted octanol–water partition coefficient (Wildman–Crippen LogP) is 2.86. The van der Waals surface area contributed by atoms with E-state index in [1.54, 1.807) is 0 Å². The highest BCUT2D eigenvalue weighted by Gasteiger charge is 2.05. The molecular weight excluding hydrogens is 292 g/mol. The number of carbonyl (C=O) groups is 1. The number of hydrogen-bond donors (Lipinski definition) is 2. The zero-order valence-electron chi connectivity index (χ0n) is 12.8. The van der Waals surface area contributed by atoms with Gasteiger partial charge in [0, 0.05) is 24.7 Å². The van der Waals surface area contributed by atoms with Gasteiger partial charge in [-0.25, -0.2) is 0 Å². The highest BCUT2D eigenvalue weighted by molar-refractivity contribution is 7.80. The molecule has 0 aliphatic heterocycles. The van der Waals surface area contributed by atoms with Gasteiger partial charge in [-0.2, -0.15) is 0 Å². The molecule has 0 spiro atoms. The summed E-state index contributed by atoms with van der Waals surface area (Å²) in [6, 6.07) is 15.7. The Kier molecular flexibility index (Phi) is 5.67. The number of thiocarbonyl (C=S) groups is 1. The Bertz CT molecular complexity index is 682. The number of carbonyl (C=O) groups excluding carboxylic acids is 1. The van der Waals surface area contributed by atoms with Gasteiger partial charge in [0.1, 0.15) is 4.99 Å². The second-order valence-corrected chi connectivity index (χ2v) is 5.56. The Balaban J connectivity index is 1.91. The molecule has 22 heavy (non-hydrogen) atoms. The molecule has 0 aliphatic rings. The van der Waals surface area contributed by atoms with E-state index < -0.39 is 0 Å². The summed E-state index contributed by atoms with van der Waals surface area (Å²) in [7, 11) is 1.82. The molecule has 0 bridgehead atoms. The van der Waals surface area contributed by atoms with Gasteiger partial charge in [-0.15, -0.1) is 0 Å². The van der Waals surface area contributed by atoms with Crippen LogP contribution in [0.2, 0.25) is 0 Å². The van der Waals surface area contributed by atoms with Crippen molar-refractivity contribution in [1.82, 2.24) is 10.6 Å². The summed E-state index contributed by atoms with van der Waals surface area (Å²) in [6.07, 6.45) is 0.776. The van der Waals surface area contributed by atoms with Crippen LogP contribution in [0.1, 0.15) is 27.0 Å². The maximum atomic E-state index is 12.1. The van der Waals surface area contributed by atoms with Gasteiger partial charge in [-0.05, 0) is 37.1 Å². The second-order valence-electron chi connectivity index (χ2n) is 5.15. The van der Waals surface area contributed by atoms with Crippen molar-refractivity contribution >= 4 is 23.1 Å². The quantitative estimate of drug-likeness (QED) is 0.834. The van der Waals surface area contributed by atoms with Crippen LogP contribution in [0, 0.1) is 6.92 Å². The van der Waals surface area contributed by atoms with Crippen LogP contribution < -0.4 is 10.6 Å². The monoisotopic (exact) mass is 312 g/mol. The molecule has 0 unspecified atom stereocenters. The Labute approximate surface area is 136 Å². The largest absolute Gasteiger partial charge is 0.379 e. The van der Waals surface area contributed by atoms with Crippen molar-refractivity contribution in [3.63, 3.8) is 0 Å². The average Bonchev–Trinajstić information content (AvgIpc) is 2.54. The van der Waals surface area contributed by atoms with Crippen LogP contribution in [-0.4, -0.2) is 24.5 Å². The molecular formula is C18H20N2OS. The normalized spacial score (nSPS) is 10.1. The lowest BCUT2D eigenvalue weighted by Crippen LogP contribution is -2.25. The first kappa shape index (κ1) is 16.2. The highest BCUT2D eigenvalue weighted by atomic mass is 32.1. The van der Waals surface area contributed by atoms with Crippen molar-refractivity contribution in [2.45, 2.75) is 13.3 Å². The molecule has 0 aromatic heterocycles. The highest BCUT2D eigenvalue weighted by Crippen LogP contribution is 2.07. The van der Waals surface area contributed by atoms with E-state index in [0.29, 0.717) is 12.1 Å². The van der Waals surface area contributed by atoms with Crippen LogP contribution in [0.25, 0.3) is 0 Å². The SMILES string of the molecule is CNC(=S)c1cccc(CCNC(=O)c2cccc(C)c2)c1. The molecule has 2 rings (SSSR count). The predicted molar refractivity (Wildman–Crippen MR) is 94.4 cm³/mol. The van der Waals surface area contributed by atoms with E-state index in [1.807, 2.05) is 56.4 Å². The molecule has 0 atom stereocenters. The minimum atomic E-state index is -0.0365. The molecule has 114 valence electrons. The van der Waals surface area contributed by atoms with Crippen LogP contribution in [0.4, 0.5) is 0 Å². The first-order valence-electron chi connectivity index (χ1n) is 7.26. The molecule has 0 fully saturated rings. The zero-order chi connectivity index (χ0) is 15.9. The van der Waals surface area contributed by atoms with Gasteiger partial charge in [0.05, 0.1) is 0 Å². The van der Waals surface area contributed by atoms with E-state index in [-0.39, 0.29) is 5.91 Å². The summed E-state index contributed by atoms with van der Waals surface area (Å²) in [6.45, 7) is 2.58. The van der Waals surface area contributed by atoms with E-state index in [2.05, 4.69) is 16.7 Å². The molecule has 0 radical (unpaired) electrons. The molecule has 2 N–H and O–H groups in total. The molecule has 0 aliphatic carbocycles. The van der Waals surface area contributed by atoms with Crippen LogP contribution >= 0.6 is 12.2 Å². The van der Waals surface area contributed by atoms with Gasteiger partial charge in [0.25, 0.3) is 5.91 Å². The maximum absolute atomic E-state index is 12.1. The summed E-state index contributed by atoms with van der Waals surface area (Å²) < 4.78 is 0. The lowest BCUT2D eigenvalue weighted by molar-refractivity contribution is 0.0954. The van der Waals surface area contributed by atoms with Crippen LogP contribution in [0.5, 0.6) is 0 Å². The Morgan fingerprint density at radius 3 is 2.55 bits per heavy atom. The molecule has 0 heterocycles. The third-order valence-electron chi connectivity index (χ3n) is 3.40. The van der Waals surface area contributed by atoms with E-state index in [4.69, 9.17) is 12.2 Å². The van der Waals surface area contributed by atoms with Crippen molar-refractivity contribution in [2.75, 3.05) is 13.6 Å². The Hall–Kier alpha value is -2.20. The third-order valence-corrected chi connectivity index (χ3v) is 3.84. The first-order chi connectivity index (χ1) is 10.6. The number of benzene rings is 2. The fraction of sp³-hybridized carbons (Fsp3) is 0.222. The van der Waals surface area contributed by atoms with Crippen molar-refractivity contribution in [1.29, 1.82) is 0 Å². The van der Waals surface area contributed by atoms with Crippen LogP contribution in [0.15, 0.2) is 48.5 Å². The fourth-order valence-electron chi connectivity index (χ4n) is 2.22. The summed E-state index contributed by atoms with van der Waals surface area (Å²) in [4.78, 5) is 12.8. The zero-order valence-corrected chi connectivity index (χ0v) is 13.7. The van der Waals surface area contributed by atoms with E-state index >= 15 is 0 Å². The van der Waals surface area contributed by atoms with E-state index in [1.165, 1.54) is 0 Å². The van der Waals surface area contributed by atoms with Gasteiger partial charge in [-0.3, -0.25) is 4.79 Å². The minimum Gasteiger partial charge on any atom is -0.379 e. The summed E-state index contributed by atoms with van der Waals surface area (Å²) >= 11 is 5.23.